The summed E-state index contributed by atoms with van der Waals surface area (Å²) in [4.78, 5) is 15.9. The van der Waals surface area contributed by atoms with E-state index < -0.39 is 0 Å². The molecule has 0 aliphatic rings. The number of nitrogens with zero attached hydrogens (tertiary/aromatic N) is 2. The molecule has 5 rings (SSSR count). The molecule has 1 amide bonds. The van der Waals surface area contributed by atoms with Crippen molar-refractivity contribution in [1.29, 1.82) is 5.26 Å². The molecule has 5 nitrogen and oxygen atoms in total. The van der Waals surface area contributed by atoms with Gasteiger partial charge in [-0.15, -0.1) is 0 Å². The third-order valence-electron chi connectivity index (χ3n) is 5.80. The molecular formula is C28H22N4O. The van der Waals surface area contributed by atoms with Crippen molar-refractivity contribution in [2.45, 2.75) is 6.42 Å². The number of aromatic nitrogens is 2. The maximum absolute atomic E-state index is 12.7. The minimum atomic E-state index is -0.372. The lowest BCUT2D eigenvalue weighted by molar-refractivity contribution is -0.117. The predicted octanol–water partition coefficient (Wildman–Crippen LogP) is 5.38. The molecule has 0 atom stereocenters. The Morgan fingerprint density at radius 3 is 2.70 bits per heavy atom. The van der Waals surface area contributed by atoms with E-state index in [1.807, 2.05) is 65.5 Å². The van der Waals surface area contributed by atoms with E-state index in [1.165, 1.54) is 0 Å². The van der Waals surface area contributed by atoms with Crippen molar-refractivity contribution < 1.29 is 4.79 Å². The van der Waals surface area contributed by atoms with Gasteiger partial charge in [-0.25, -0.2) is 0 Å². The highest BCUT2D eigenvalue weighted by Crippen LogP contribution is 2.21. The monoisotopic (exact) mass is 430 g/mol. The van der Waals surface area contributed by atoms with Crippen LogP contribution in [0.25, 0.3) is 33.4 Å². The van der Waals surface area contributed by atoms with Crippen LogP contribution >= 0.6 is 0 Å². The summed E-state index contributed by atoms with van der Waals surface area (Å²) in [6.07, 6.45) is 6.21. The fraction of sp³-hybridized carbons (Fsp3) is 0.0714. The van der Waals surface area contributed by atoms with Gasteiger partial charge >= 0.3 is 0 Å². The molecule has 0 bridgehead atoms. The first-order valence-corrected chi connectivity index (χ1v) is 10.8. The van der Waals surface area contributed by atoms with Gasteiger partial charge in [0.05, 0.1) is 0 Å². The number of aromatic amines is 1. The summed E-state index contributed by atoms with van der Waals surface area (Å²) in [7, 11) is 0. The van der Waals surface area contributed by atoms with Gasteiger partial charge in [0.1, 0.15) is 11.6 Å². The van der Waals surface area contributed by atoms with Crippen molar-refractivity contribution in [1.82, 2.24) is 14.9 Å². The number of hydrogen-bond donors (Lipinski definition) is 2. The molecule has 2 N–H and O–H groups in total. The molecule has 5 heteroatoms. The largest absolute Gasteiger partial charge is 0.361 e. The lowest BCUT2D eigenvalue weighted by Crippen LogP contribution is -2.26. The highest BCUT2D eigenvalue weighted by atomic mass is 16.1. The summed E-state index contributed by atoms with van der Waals surface area (Å²) in [6.45, 7) is 0.450. The van der Waals surface area contributed by atoms with Crippen LogP contribution in [0.5, 0.6) is 0 Å². The fourth-order valence-corrected chi connectivity index (χ4v) is 4.11. The van der Waals surface area contributed by atoms with Gasteiger partial charge in [0.25, 0.3) is 5.91 Å². The second-order valence-corrected chi connectivity index (χ2v) is 7.87. The fourth-order valence-electron chi connectivity index (χ4n) is 4.11. The smallest absolute Gasteiger partial charge is 0.262 e. The number of amides is 1. The summed E-state index contributed by atoms with van der Waals surface area (Å²) in [6, 6.07) is 28.3. The van der Waals surface area contributed by atoms with E-state index in [4.69, 9.17) is 0 Å². The molecule has 0 radical (unpaired) electrons. The summed E-state index contributed by atoms with van der Waals surface area (Å²) in [5.74, 6) is -0.372. The van der Waals surface area contributed by atoms with Crippen LogP contribution in [-0.2, 0) is 11.2 Å². The van der Waals surface area contributed by atoms with Gasteiger partial charge < -0.3 is 14.9 Å². The van der Waals surface area contributed by atoms with Crippen LogP contribution in [0.2, 0.25) is 0 Å². The van der Waals surface area contributed by atoms with Gasteiger partial charge in [0, 0.05) is 41.2 Å². The standard InChI is InChI=1S/C28H22N4O/c29-18-23(28(33)30-14-13-22-19-31-27-10-4-3-9-26(22)27)17-24-8-5-15-32(24)25-12-11-20-6-1-2-7-21(20)16-25/h1-12,15-17,19,31H,13-14H2,(H,30,33)/b23-17-. The lowest BCUT2D eigenvalue weighted by atomic mass is 10.1. The average molecular weight is 431 g/mol. The number of nitrogens with one attached hydrogen (secondary N) is 2. The van der Waals surface area contributed by atoms with Crippen LogP contribution in [0.3, 0.4) is 0 Å². The molecule has 3 aromatic carbocycles. The number of para-hydroxylation sites is 1. The zero-order chi connectivity index (χ0) is 22.6. The number of hydrogen-bond acceptors (Lipinski definition) is 2. The molecule has 0 saturated carbocycles. The van der Waals surface area contributed by atoms with Crippen LogP contribution in [-0.4, -0.2) is 22.0 Å². The molecular weight excluding hydrogens is 408 g/mol. The zero-order valence-electron chi connectivity index (χ0n) is 18.0. The van der Waals surface area contributed by atoms with Crippen molar-refractivity contribution >= 4 is 33.7 Å². The number of carbonyl (C=O) groups is 1. The number of nitriles is 1. The van der Waals surface area contributed by atoms with Gasteiger partial charge in [-0.05, 0) is 59.2 Å². The van der Waals surface area contributed by atoms with Gasteiger partial charge in [0.2, 0.25) is 0 Å². The van der Waals surface area contributed by atoms with E-state index >= 15 is 0 Å². The molecule has 2 heterocycles. The minimum absolute atomic E-state index is 0.0784. The van der Waals surface area contributed by atoms with Crippen molar-refractivity contribution in [3.63, 3.8) is 0 Å². The quantitative estimate of drug-likeness (QED) is 0.280. The van der Waals surface area contributed by atoms with Crippen molar-refractivity contribution in [3.8, 4) is 11.8 Å². The van der Waals surface area contributed by atoms with E-state index in [-0.39, 0.29) is 11.5 Å². The number of carbonyl (C=O) groups excluding carboxylic acids is 1. The first-order valence-electron chi connectivity index (χ1n) is 10.8. The summed E-state index contributed by atoms with van der Waals surface area (Å²) >= 11 is 0. The Labute approximate surface area is 191 Å². The molecule has 160 valence electrons. The van der Waals surface area contributed by atoms with Crippen molar-refractivity contribution in [2.24, 2.45) is 0 Å². The van der Waals surface area contributed by atoms with E-state index in [0.717, 1.165) is 38.6 Å². The molecule has 0 aliphatic heterocycles. The average Bonchev–Trinajstić information content (AvgIpc) is 3.49. The normalized spacial score (nSPS) is 11.5. The second-order valence-electron chi connectivity index (χ2n) is 7.87. The minimum Gasteiger partial charge on any atom is -0.361 e. The first-order chi connectivity index (χ1) is 16.2. The molecule has 33 heavy (non-hydrogen) atoms. The maximum Gasteiger partial charge on any atom is 0.262 e. The first kappa shape index (κ1) is 20.3. The lowest BCUT2D eigenvalue weighted by Gasteiger charge is -2.09. The van der Waals surface area contributed by atoms with E-state index in [2.05, 4.69) is 46.7 Å². The van der Waals surface area contributed by atoms with Gasteiger partial charge in [-0.1, -0.05) is 48.5 Å². The molecule has 0 aliphatic carbocycles. The zero-order valence-corrected chi connectivity index (χ0v) is 18.0. The number of H-pyrrole nitrogens is 1. The third kappa shape index (κ3) is 4.15. The molecule has 0 unspecified atom stereocenters. The molecule has 0 spiro atoms. The Morgan fingerprint density at radius 1 is 1.00 bits per heavy atom. The predicted molar refractivity (Wildman–Crippen MR) is 132 cm³/mol. The number of fused-ring (bicyclic) bond motifs is 2. The summed E-state index contributed by atoms with van der Waals surface area (Å²) in [5.41, 5.74) is 4.04. The van der Waals surface area contributed by atoms with Gasteiger partial charge in [-0.3, -0.25) is 4.79 Å². The van der Waals surface area contributed by atoms with Gasteiger partial charge in [0.15, 0.2) is 0 Å². The number of rotatable bonds is 6. The molecule has 2 aromatic heterocycles. The van der Waals surface area contributed by atoms with Crippen molar-refractivity contribution in [3.05, 3.63) is 108 Å². The van der Waals surface area contributed by atoms with Crippen LogP contribution in [0.1, 0.15) is 11.3 Å². The van der Waals surface area contributed by atoms with Crippen molar-refractivity contribution in [2.75, 3.05) is 6.54 Å². The van der Waals surface area contributed by atoms with E-state index in [0.29, 0.717) is 13.0 Å². The SMILES string of the molecule is N#C/C(=C/c1cccn1-c1ccc2ccccc2c1)C(=O)NCCc1c[nH]c2ccccc12. The Hall–Kier alpha value is -4.56. The molecule has 0 fully saturated rings. The topological polar surface area (TPSA) is 73.6 Å². The number of benzene rings is 3. The van der Waals surface area contributed by atoms with Crippen LogP contribution in [0.15, 0.2) is 96.8 Å². The van der Waals surface area contributed by atoms with Crippen LogP contribution in [0, 0.1) is 11.3 Å². The van der Waals surface area contributed by atoms with Crippen LogP contribution < -0.4 is 5.32 Å². The Kier molecular flexibility index (Phi) is 5.48. The Balaban J connectivity index is 1.32. The Morgan fingerprint density at radius 2 is 1.82 bits per heavy atom. The third-order valence-corrected chi connectivity index (χ3v) is 5.80. The van der Waals surface area contributed by atoms with E-state index in [1.54, 1.807) is 6.08 Å². The second kappa shape index (κ2) is 8.89. The van der Waals surface area contributed by atoms with Crippen LogP contribution in [0.4, 0.5) is 0 Å². The summed E-state index contributed by atoms with van der Waals surface area (Å²) < 4.78 is 1.98. The highest BCUT2D eigenvalue weighted by Gasteiger charge is 2.11. The van der Waals surface area contributed by atoms with Gasteiger partial charge in [-0.2, -0.15) is 5.26 Å². The summed E-state index contributed by atoms with van der Waals surface area (Å²) in [5, 5.41) is 16.0. The Bertz CT molecular complexity index is 1530. The molecule has 0 saturated heterocycles. The highest BCUT2D eigenvalue weighted by molar-refractivity contribution is 6.01. The molecule has 5 aromatic rings. The maximum atomic E-state index is 12.7. The van der Waals surface area contributed by atoms with E-state index in [9.17, 15) is 10.1 Å².